The van der Waals surface area contributed by atoms with Crippen LogP contribution in [0.25, 0.3) is 0 Å². The average Bonchev–Trinajstić information content (AvgIpc) is 2.18. The van der Waals surface area contributed by atoms with Crippen molar-refractivity contribution >= 4 is 22.2 Å². The van der Waals surface area contributed by atoms with Crippen LogP contribution in [0.3, 0.4) is 0 Å². The van der Waals surface area contributed by atoms with Crippen molar-refractivity contribution in [1.82, 2.24) is 0 Å². The number of hydrogen-bond acceptors (Lipinski definition) is 3. The van der Waals surface area contributed by atoms with Crippen molar-refractivity contribution in [2.45, 2.75) is 13.0 Å². The second-order valence-corrected chi connectivity index (χ2v) is 3.95. The Hall–Kier alpha value is -0.870. The Morgan fingerprint density at radius 3 is 3.14 bits per heavy atom. The lowest BCUT2D eigenvalue weighted by molar-refractivity contribution is -0.107. The van der Waals surface area contributed by atoms with Gasteiger partial charge in [0.2, 0.25) is 0 Å². The Morgan fingerprint density at radius 1 is 1.50 bits per heavy atom. The fourth-order valence-electron chi connectivity index (χ4n) is 1.50. The Kier molecular flexibility index (Phi) is 2.84. The molecule has 1 aromatic rings. The molecule has 1 aromatic carbocycles. The topological polar surface area (TPSA) is 35.5 Å². The molecular formula is C10H9BrO3. The van der Waals surface area contributed by atoms with E-state index in [0.717, 1.165) is 27.6 Å². The maximum absolute atomic E-state index is 10.5. The minimum Gasteiger partial charge on any atom is -0.467 e. The van der Waals surface area contributed by atoms with Gasteiger partial charge in [0, 0.05) is 22.0 Å². The summed E-state index contributed by atoms with van der Waals surface area (Å²) < 4.78 is 11.5. The molecule has 4 heteroatoms. The van der Waals surface area contributed by atoms with Crippen LogP contribution < -0.4 is 4.74 Å². The van der Waals surface area contributed by atoms with Crippen molar-refractivity contribution in [2.24, 2.45) is 0 Å². The lowest BCUT2D eigenvalue weighted by atomic mass is 10.1. The molecule has 0 fully saturated rings. The van der Waals surface area contributed by atoms with E-state index in [1.807, 2.05) is 12.1 Å². The molecule has 2 rings (SSSR count). The van der Waals surface area contributed by atoms with Gasteiger partial charge in [0.15, 0.2) is 6.79 Å². The molecule has 0 atom stereocenters. The third-order valence-corrected chi connectivity index (χ3v) is 2.51. The molecule has 14 heavy (non-hydrogen) atoms. The van der Waals surface area contributed by atoms with Gasteiger partial charge in [-0.25, -0.2) is 0 Å². The summed E-state index contributed by atoms with van der Waals surface area (Å²) in [7, 11) is 0. The number of aldehydes is 1. The fourth-order valence-corrected chi connectivity index (χ4v) is 2.05. The third kappa shape index (κ3) is 1.81. The summed E-state index contributed by atoms with van der Waals surface area (Å²) in [6.07, 6.45) is 1.25. The Labute approximate surface area is 90.1 Å². The Balaban J connectivity index is 2.46. The highest BCUT2D eigenvalue weighted by atomic mass is 79.9. The zero-order chi connectivity index (χ0) is 9.97. The van der Waals surface area contributed by atoms with Crippen LogP contribution in [0.1, 0.15) is 11.1 Å². The summed E-state index contributed by atoms with van der Waals surface area (Å²) in [6.45, 7) is 0.807. The van der Waals surface area contributed by atoms with E-state index in [9.17, 15) is 4.79 Å². The summed E-state index contributed by atoms with van der Waals surface area (Å²) in [5, 5.41) is 0. The summed E-state index contributed by atoms with van der Waals surface area (Å²) in [5.74, 6) is 0.798. The normalized spacial score (nSPS) is 14.4. The minimum atomic E-state index is 0.264. The highest BCUT2D eigenvalue weighted by Gasteiger charge is 2.15. The van der Waals surface area contributed by atoms with E-state index in [0.29, 0.717) is 13.0 Å². The lowest BCUT2D eigenvalue weighted by Gasteiger charge is -2.20. The first-order chi connectivity index (χ1) is 6.81. The first kappa shape index (κ1) is 9.68. The first-order valence-electron chi connectivity index (χ1n) is 4.26. The van der Waals surface area contributed by atoms with Crippen molar-refractivity contribution in [2.75, 3.05) is 6.79 Å². The molecule has 0 radical (unpaired) electrons. The van der Waals surface area contributed by atoms with Crippen molar-refractivity contribution in [3.63, 3.8) is 0 Å². The van der Waals surface area contributed by atoms with Crippen LogP contribution in [0, 0.1) is 0 Å². The monoisotopic (exact) mass is 256 g/mol. The SMILES string of the molecule is O=CCc1cc(Br)cc2c1OCOC2. The fraction of sp³-hybridized carbons (Fsp3) is 0.300. The molecule has 0 aliphatic carbocycles. The van der Waals surface area contributed by atoms with Crippen molar-refractivity contribution in [1.29, 1.82) is 0 Å². The molecule has 0 spiro atoms. The number of halogens is 1. The maximum atomic E-state index is 10.5. The molecule has 0 bridgehead atoms. The van der Waals surface area contributed by atoms with E-state index in [1.54, 1.807) is 0 Å². The molecule has 0 aromatic heterocycles. The van der Waals surface area contributed by atoms with Crippen LogP contribution in [0.15, 0.2) is 16.6 Å². The Bertz CT molecular complexity index is 363. The Morgan fingerprint density at radius 2 is 2.36 bits per heavy atom. The van der Waals surface area contributed by atoms with E-state index in [2.05, 4.69) is 15.9 Å². The third-order valence-electron chi connectivity index (χ3n) is 2.05. The second-order valence-electron chi connectivity index (χ2n) is 3.03. The van der Waals surface area contributed by atoms with Gasteiger partial charge in [-0.1, -0.05) is 15.9 Å². The first-order valence-corrected chi connectivity index (χ1v) is 5.06. The van der Waals surface area contributed by atoms with Gasteiger partial charge in [0.05, 0.1) is 6.61 Å². The highest BCUT2D eigenvalue weighted by molar-refractivity contribution is 9.10. The summed E-state index contributed by atoms with van der Waals surface area (Å²) in [4.78, 5) is 10.5. The minimum absolute atomic E-state index is 0.264. The highest BCUT2D eigenvalue weighted by Crippen LogP contribution is 2.31. The standard InChI is InChI=1S/C10H9BrO3/c11-9-3-7(1-2-12)10-8(4-9)5-13-6-14-10/h2-4H,1,5-6H2. The van der Waals surface area contributed by atoms with Crippen LogP contribution in [0.4, 0.5) is 0 Å². The second kappa shape index (κ2) is 4.11. The zero-order valence-corrected chi connectivity index (χ0v) is 9.04. The number of carbonyl (C=O) groups is 1. The van der Waals surface area contributed by atoms with Crippen LogP contribution >= 0.6 is 15.9 Å². The molecule has 1 aliphatic rings. The summed E-state index contributed by atoms with van der Waals surface area (Å²) >= 11 is 3.38. The van der Waals surface area contributed by atoms with E-state index < -0.39 is 0 Å². The number of rotatable bonds is 2. The summed E-state index contributed by atoms with van der Waals surface area (Å²) in [6, 6.07) is 3.85. The quantitative estimate of drug-likeness (QED) is 0.761. The van der Waals surface area contributed by atoms with Gasteiger partial charge >= 0.3 is 0 Å². The van der Waals surface area contributed by atoms with Gasteiger partial charge in [-0.15, -0.1) is 0 Å². The molecule has 0 amide bonds. The predicted octanol–water partition coefficient (Wildman–Crippen LogP) is 2.06. The number of hydrogen-bond donors (Lipinski definition) is 0. The van der Waals surface area contributed by atoms with E-state index in [1.165, 1.54) is 0 Å². The molecule has 1 heterocycles. The largest absolute Gasteiger partial charge is 0.467 e. The number of carbonyl (C=O) groups excluding carboxylic acids is 1. The lowest BCUT2D eigenvalue weighted by Crippen LogP contribution is -2.13. The van der Waals surface area contributed by atoms with Gasteiger partial charge in [-0.05, 0) is 12.1 Å². The smallest absolute Gasteiger partial charge is 0.189 e. The molecule has 1 aliphatic heterocycles. The molecule has 3 nitrogen and oxygen atoms in total. The molecule has 74 valence electrons. The predicted molar refractivity (Wildman–Crippen MR) is 54.2 cm³/mol. The van der Waals surface area contributed by atoms with Crippen LogP contribution in [-0.4, -0.2) is 13.1 Å². The van der Waals surface area contributed by atoms with Crippen molar-refractivity contribution in [3.8, 4) is 5.75 Å². The van der Waals surface area contributed by atoms with Crippen molar-refractivity contribution in [3.05, 3.63) is 27.7 Å². The van der Waals surface area contributed by atoms with Crippen molar-refractivity contribution < 1.29 is 14.3 Å². The van der Waals surface area contributed by atoms with Gasteiger partial charge in [0.25, 0.3) is 0 Å². The van der Waals surface area contributed by atoms with Gasteiger partial charge < -0.3 is 14.3 Å². The van der Waals surface area contributed by atoms with Gasteiger partial charge in [0.1, 0.15) is 12.0 Å². The molecule has 0 N–H and O–H groups in total. The number of ether oxygens (including phenoxy) is 2. The molecular weight excluding hydrogens is 248 g/mol. The van der Waals surface area contributed by atoms with E-state index in [4.69, 9.17) is 9.47 Å². The van der Waals surface area contributed by atoms with E-state index in [-0.39, 0.29) is 6.79 Å². The van der Waals surface area contributed by atoms with Gasteiger partial charge in [-0.3, -0.25) is 0 Å². The molecule has 0 unspecified atom stereocenters. The zero-order valence-electron chi connectivity index (χ0n) is 7.46. The van der Waals surface area contributed by atoms with Crippen LogP contribution in [0.2, 0.25) is 0 Å². The number of fused-ring (bicyclic) bond motifs is 1. The molecule has 0 saturated carbocycles. The average molecular weight is 257 g/mol. The van der Waals surface area contributed by atoms with E-state index >= 15 is 0 Å². The van der Waals surface area contributed by atoms with Gasteiger partial charge in [-0.2, -0.15) is 0 Å². The molecule has 0 saturated heterocycles. The van der Waals surface area contributed by atoms with Crippen LogP contribution in [0.5, 0.6) is 5.75 Å². The summed E-state index contributed by atoms with van der Waals surface area (Å²) in [5.41, 5.74) is 1.90. The maximum Gasteiger partial charge on any atom is 0.189 e. The van der Waals surface area contributed by atoms with Crippen LogP contribution in [-0.2, 0) is 22.6 Å². The number of benzene rings is 1.